The molecule has 2 amide bonds. The predicted molar refractivity (Wildman–Crippen MR) is 136 cm³/mol. The van der Waals surface area contributed by atoms with Crippen molar-refractivity contribution in [2.45, 2.75) is 65.3 Å². The molecule has 1 aromatic rings. The van der Waals surface area contributed by atoms with E-state index in [4.69, 9.17) is 14.6 Å². The van der Waals surface area contributed by atoms with E-state index in [2.05, 4.69) is 15.6 Å². The first-order valence-electron chi connectivity index (χ1n) is 12.2. The first-order chi connectivity index (χ1) is 17.2. The zero-order valence-corrected chi connectivity index (χ0v) is 21.5. The van der Waals surface area contributed by atoms with E-state index in [9.17, 15) is 14.4 Å². The van der Waals surface area contributed by atoms with Crippen molar-refractivity contribution in [1.82, 2.24) is 15.5 Å². The van der Waals surface area contributed by atoms with E-state index < -0.39 is 18.1 Å². The van der Waals surface area contributed by atoms with Crippen molar-refractivity contribution in [1.29, 1.82) is 0 Å². The minimum Gasteiger partial charge on any atom is -0.481 e. The van der Waals surface area contributed by atoms with Gasteiger partial charge in [-0.05, 0) is 37.8 Å². The summed E-state index contributed by atoms with van der Waals surface area (Å²) in [6.45, 7) is 8.05. The number of rotatable bonds is 13. The van der Waals surface area contributed by atoms with E-state index in [1.54, 1.807) is 11.1 Å². The fourth-order valence-corrected chi connectivity index (χ4v) is 3.88. The van der Waals surface area contributed by atoms with Crippen LogP contribution in [0.3, 0.4) is 0 Å². The highest BCUT2D eigenvalue weighted by Gasteiger charge is 2.37. The summed E-state index contributed by atoms with van der Waals surface area (Å²) in [5.74, 6) is -0.702. The van der Waals surface area contributed by atoms with E-state index in [0.717, 1.165) is 5.56 Å². The summed E-state index contributed by atoms with van der Waals surface area (Å²) in [5.41, 5.74) is 0.888. The zero-order valence-electron chi connectivity index (χ0n) is 21.5. The number of carbonyl (C=O) groups is 3. The summed E-state index contributed by atoms with van der Waals surface area (Å²) in [6.07, 6.45) is 3.05. The normalized spacial score (nSPS) is 18.9. The summed E-state index contributed by atoms with van der Waals surface area (Å²) < 4.78 is 11.4. The monoisotopic (exact) mass is 502 g/mol. The van der Waals surface area contributed by atoms with Gasteiger partial charge in [-0.25, -0.2) is 9.79 Å². The Labute approximate surface area is 212 Å². The molecule has 1 fully saturated rings. The number of carbonyl (C=O) groups excluding carboxylic acids is 2. The number of hydrogen-bond acceptors (Lipinski definition) is 7. The third-order valence-electron chi connectivity index (χ3n) is 5.87. The number of hydrogen-bond donors (Lipinski definition) is 3. The lowest BCUT2D eigenvalue weighted by atomic mass is 10.0. The van der Waals surface area contributed by atoms with Gasteiger partial charge in [0.1, 0.15) is 19.0 Å². The Morgan fingerprint density at radius 2 is 1.94 bits per heavy atom. The molecule has 1 aliphatic rings. The van der Waals surface area contributed by atoms with E-state index in [0.29, 0.717) is 18.8 Å². The van der Waals surface area contributed by atoms with Gasteiger partial charge in [-0.3, -0.25) is 9.59 Å². The van der Waals surface area contributed by atoms with Crippen LogP contribution in [0.2, 0.25) is 0 Å². The van der Waals surface area contributed by atoms with E-state index >= 15 is 0 Å². The van der Waals surface area contributed by atoms with Crippen LogP contribution in [-0.4, -0.2) is 72.1 Å². The molecule has 0 aliphatic carbocycles. The number of allylic oxidation sites excluding steroid dienone is 1. The molecule has 3 N–H and O–H groups in total. The first-order valence-corrected chi connectivity index (χ1v) is 12.2. The SMILES string of the molecule is C/C=N\C(=C/C)NC[C@@H]1C[C@@H](OCC(=O)N[C@H](CC(=O)O)C(C)C)CN1C(=O)OCc1ccccc1. The zero-order chi connectivity index (χ0) is 26.5. The number of nitrogens with one attached hydrogen (secondary N) is 2. The van der Waals surface area contributed by atoms with Gasteiger partial charge in [0.25, 0.3) is 0 Å². The fraction of sp³-hybridized carbons (Fsp3) is 0.538. The second kappa shape index (κ2) is 14.9. The van der Waals surface area contributed by atoms with Gasteiger partial charge in [-0.15, -0.1) is 0 Å². The first kappa shape index (κ1) is 28.8. The average molecular weight is 503 g/mol. The summed E-state index contributed by atoms with van der Waals surface area (Å²) in [6, 6.07) is 8.73. The molecule has 36 heavy (non-hydrogen) atoms. The Morgan fingerprint density at radius 3 is 2.56 bits per heavy atom. The summed E-state index contributed by atoms with van der Waals surface area (Å²) in [4.78, 5) is 42.3. The molecule has 1 aliphatic heterocycles. The van der Waals surface area contributed by atoms with Gasteiger partial charge >= 0.3 is 12.1 Å². The van der Waals surface area contributed by atoms with Gasteiger partial charge in [-0.1, -0.05) is 44.2 Å². The second-order valence-corrected chi connectivity index (χ2v) is 8.97. The molecule has 3 atom stereocenters. The van der Waals surface area contributed by atoms with Gasteiger partial charge in [0.05, 0.1) is 25.1 Å². The molecular weight excluding hydrogens is 464 g/mol. The van der Waals surface area contributed by atoms with Crippen molar-refractivity contribution in [3.05, 3.63) is 47.8 Å². The number of likely N-dealkylation sites (tertiary alicyclic amines) is 1. The van der Waals surface area contributed by atoms with Gasteiger partial charge in [0.2, 0.25) is 5.91 Å². The third-order valence-corrected chi connectivity index (χ3v) is 5.87. The molecule has 1 aromatic carbocycles. The quantitative estimate of drug-likeness (QED) is 0.354. The van der Waals surface area contributed by atoms with Crippen LogP contribution in [0.15, 0.2) is 47.2 Å². The molecule has 10 heteroatoms. The third kappa shape index (κ3) is 9.69. The lowest BCUT2D eigenvalue weighted by molar-refractivity contribution is -0.138. The van der Waals surface area contributed by atoms with Crippen molar-refractivity contribution in [2.24, 2.45) is 10.9 Å². The topological polar surface area (TPSA) is 130 Å². The largest absolute Gasteiger partial charge is 0.481 e. The molecule has 0 spiro atoms. The van der Waals surface area contributed by atoms with E-state index in [-0.39, 0.29) is 50.2 Å². The molecule has 10 nitrogen and oxygen atoms in total. The van der Waals surface area contributed by atoms with Crippen LogP contribution < -0.4 is 10.6 Å². The van der Waals surface area contributed by atoms with Crippen molar-refractivity contribution in [3.63, 3.8) is 0 Å². The van der Waals surface area contributed by atoms with Crippen LogP contribution in [0.5, 0.6) is 0 Å². The Bertz CT molecular complexity index is 918. The van der Waals surface area contributed by atoms with Crippen LogP contribution >= 0.6 is 0 Å². The lowest BCUT2D eigenvalue weighted by Gasteiger charge is -2.24. The maximum atomic E-state index is 12.9. The molecule has 2 rings (SSSR count). The maximum absolute atomic E-state index is 12.9. The minimum absolute atomic E-state index is 0.0338. The Hall–Kier alpha value is -3.40. The Kier molecular flexibility index (Phi) is 11.9. The Balaban J connectivity index is 1.98. The highest BCUT2D eigenvalue weighted by Crippen LogP contribution is 2.22. The Morgan fingerprint density at radius 1 is 1.22 bits per heavy atom. The number of ether oxygens (including phenoxy) is 2. The molecule has 0 radical (unpaired) electrons. The molecular formula is C26H38N4O6. The number of nitrogens with zero attached hydrogens (tertiary/aromatic N) is 2. The number of carboxylic acid groups (broad SMARTS) is 1. The van der Waals surface area contributed by atoms with Crippen LogP contribution in [0.25, 0.3) is 0 Å². The summed E-state index contributed by atoms with van der Waals surface area (Å²) >= 11 is 0. The fourth-order valence-electron chi connectivity index (χ4n) is 3.88. The smallest absolute Gasteiger partial charge is 0.410 e. The van der Waals surface area contributed by atoms with Crippen molar-refractivity contribution in [2.75, 3.05) is 19.7 Å². The van der Waals surface area contributed by atoms with Gasteiger partial charge in [0.15, 0.2) is 0 Å². The molecule has 0 bridgehead atoms. The minimum atomic E-state index is -0.974. The van der Waals surface area contributed by atoms with Crippen LogP contribution in [0, 0.1) is 5.92 Å². The van der Waals surface area contributed by atoms with Gasteiger partial charge in [0, 0.05) is 18.8 Å². The molecule has 0 unspecified atom stereocenters. The number of amides is 2. The molecule has 0 aromatic heterocycles. The maximum Gasteiger partial charge on any atom is 0.410 e. The number of aliphatic imine (C=N–C) groups is 1. The van der Waals surface area contributed by atoms with E-state index in [1.807, 2.05) is 64.1 Å². The molecule has 1 saturated heterocycles. The van der Waals surface area contributed by atoms with Crippen molar-refractivity contribution < 1.29 is 29.0 Å². The second-order valence-electron chi connectivity index (χ2n) is 8.97. The highest BCUT2D eigenvalue weighted by molar-refractivity contribution is 5.78. The molecule has 0 saturated carbocycles. The highest BCUT2D eigenvalue weighted by atomic mass is 16.6. The number of carboxylic acids is 1. The number of benzene rings is 1. The number of aliphatic carboxylic acids is 1. The molecule has 1 heterocycles. The summed E-state index contributed by atoms with van der Waals surface area (Å²) in [5, 5.41) is 15.0. The summed E-state index contributed by atoms with van der Waals surface area (Å²) in [7, 11) is 0. The van der Waals surface area contributed by atoms with E-state index in [1.165, 1.54) is 0 Å². The van der Waals surface area contributed by atoms with Crippen LogP contribution in [-0.2, 0) is 25.7 Å². The lowest BCUT2D eigenvalue weighted by Crippen LogP contribution is -2.42. The van der Waals surface area contributed by atoms with Crippen LogP contribution in [0.1, 0.15) is 46.1 Å². The van der Waals surface area contributed by atoms with Crippen molar-refractivity contribution in [3.8, 4) is 0 Å². The standard InChI is InChI=1S/C26H38N4O6/c1-5-23(27-6-2)28-14-20-12-21(35-17-24(31)29-22(18(3)4)13-25(32)33)15-30(20)26(34)36-16-19-10-8-7-9-11-19/h5-11,18,20-22,28H,12-17H2,1-4H3,(H,29,31)(H,32,33)/b23-5+,27-6-/t20-,21+,22+/m0/s1. The van der Waals surface area contributed by atoms with Crippen molar-refractivity contribution >= 4 is 24.2 Å². The van der Waals surface area contributed by atoms with Gasteiger partial charge in [-0.2, -0.15) is 0 Å². The van der Waals surface area contributed by atoms with Gasteiger partial charge < -0.3 is 30.1 Å². The average Bonchev–Trinajstić information content (AvgIpc) is 3.27. The molecule has 198 valence electrons. The predicted octanol–water partition coefficient (Wildman–Crippen LogP) is 2.94. The van der Waals surface area contributed by atoms with Crippen LogP contribution in [0.4, 0.5) is 4.79 Å².